The number of aliphatic hydroxyl groups is 6. The largest absolute Gasteiger partial charge is 0.389 e. The van der Waals surface area contributed by atoms with Crippen LogP contribution in [-0.4, -0.2) is 159 Å². The van der Waals surface area contributed by atoms with Gasteiger partial charge in [-0.3, -0.25) is 4.79 Å². The number of aliphatic hydroxyl groups excluding tert-OH is 6. The van der Waals surface area contributed by atoms with Crippen LogP contribution in [-0.2, 0) is 33.2 Å². The molecule has 1 saturated carbocycles. The summed E-state index contributed by atoms with van der Waals surface area (Å²) in [5.41, 5.74) is 30.8. The third-order valence-electron chi connectivity index (χ3n) is 9.30. The molecule has 0 bridgehead atoms. The van der Waals surface area contributed by atoms with Gasteiger partial charge in [0.05, 0.1) is 24.3 Å². The van der Waals surface area contributed by atoms with Crippen molar-refractivity contribution in [1.82, 2.24) is 0 Å². The fourth-order valence-corrected chi connectivity index (χ4v) is 6.36. The molecule has 1 aromatic rings. The summed E-state index contributed by atoms with van der Waals surface area (Å²) in [5, 5.41) is 66.7. The van der Waals surface area contributed by atoms with Gasteiger partial charge in [-0.25, -0.2) is 0 Å². The third kappa shape index (κ3) is 7.53. The fourth-order valence-electron chi connectivity index (χ4n) is 6.36. The molecule has 19 atom stereocenters. The molecule has 1 aliphatic carbocycles. The van der Waals surface area contributed by atoms with Crippen LogP contribution in [0, 0.1) is 0 Å². The van der Waals surface area contributed by atoms with E-state index in [0.29, 0.717) is 5.69 Å². The van der Waals surface area contributed by atoms with E-state index in [1.165, 1.54) is 6.92 Å². The van der Waals surface area contributed by atoms with Crippen LogP contribution in [0.25, 0.3) is 0 Å². The van der Waals surface area contributed by atoms with Crippen LogP contribution in [0.1, 0.15) is 13.3 Å². The number of hydrogen-bond donors (Lipinski definition) is 12. The van der Waals surface area contributed by atoms with Gasteiger partial charge in [0.15, 0.2) is 25.0 Å². The van der Waals surface area contributed by atoms with Crippen molar-refractivity contribution in [3.63, 3.8) is 0 Å². The molecule has 19 nitrogen and oxygen atoms in total. The number of amides is 1. The standard InChI is InChI=1S/C29H48N6O13/c1-9-16(36)19(39)14(33)27(43-9)45-22-12(32)7-11(31)17(37)23(22)47-29-21(41)24(25(48-29)26(42)35-10-5-3-2-4-6-10)46-28-15(34)20(40)18(38)13(8-30)44-28/h2-6,9,11-25,27-29,36-41H,7-8,30-34H2,1H3,(H,35,42)/t9-,11-,12+,13+,14-,15-,16-,17+,18-,19-,20-,21-,22-,23-,24+,25+,27-,28-,29-/m1/s1. The Labute approximate surface area is 276 Å². The van der Waals surface area contributed by atoms with Crippen LogP contribution in [0.3, 0.4) is 0 Å². The monoisotopic (exact) mass is 688 g/mol. The van der Waals surface area contributed by atoms with Gasteiger partial charge in [0.1, 0.15) is 54.9 Å². The molecule has 3 saturated heterocycles. The lowest BCUT2D eigenvalue weighted by Gasteiger charge is -2.47. The first kappa shape index (κ1) is 37.3. The summed E-state index contributed by atoms with van der Waals surface area (Å²) in [6.07, 6.45) is -20.8. The SMILES string of the molecule is C[C@H]1O[C@H](O[C@H]2[C@H](O[C@@H]3O[C@H](C(=O)Nc4ccccc4)[C@@H](O[C@H]4O[C@@H](CN)[C@@H](O)[C@H](O)[C@H]4N)[C@H]3O)[C@@H](O)[C@H](N)C[C@@H]2N)[C@H](N)[C@@H](O)[C@@H]1O. The maximum Gasteiger partial charge on any atom is 0.256 e. The van der Waals surface area contributed by atoms with Crippen LogP contribution < -0.4 is 34.0 Å². The molecule has 272 valence electrons. The van der Waals surface area contributed by atoms with Crippen LogP contribution >= 0.6 is 0 Å². The van der Waals surface area contributed by atoms with Crippen LogP contribution in [0.15, 0.2) is 30.3 Å². The van der Waals surface area contributed by atoms with E-state index in [0.717, 1.165) is 0 Å². The Balaban J connectivity index is 1.39. The molecular weight excluding hydrogens is 640 g/mol. The minimum absolute atomic E-state index is 0.0731. The van der Waals surface area contributed by atoms with Crippen molar-refractivity contribution < 1.29 is 63.9 Å². The van der Waals surface area contributed by atoms with Crippen molar-refractivity contribution in [2.45, 2.75) is 130 Å². The summed E-state index contributed by atoms with van der Waals surface area (Å²) in [6, 6.07) is 4.05. The number of nitrogens with one attached hydrogen (secondary N) is 1. The average molecular weight is 689 g/mol. The Kier molecular flexibility index (Phi) is 12.0. The van der Waals surface area contributed by atoms with Crippen molar-refractivity contribution in [2.24, 2.45) is 28.7 Å². The molecule has 48 heavy (non-hydrogen) atoms. The van der Waals surface area contributed by atoms with E-state index in [2.05, 4.69) is 5.32 Å². The van der Waals surface area contributed by atoms with Crippen LogP contribution in [0.4, 0.5) is 5.69 Å². The first-order valence-corrected chi connectivity index (χ1v) is 15.8. The quantitative estimate of drug-likeness (QED) is 0.115. The number of ether oxygens (including phenoxy) is 6. The molecule has 1 aromatic carbocycles. The lowest BCUT2D eigenvalue weighted by Crippen LogP contribution is -2.67. The van der Waals surface area contributed by atoms with Gasteiger partial charge in [-0.15, -0.1) is 0 Å². The highest BCUT2D eigenvalue weighted by Gasteiger charge is 2.56. The van der Waals surface area contributed by atoms with Crippen molar-refractivity contribution >= 4 is 11.6 Å². The van der Waals surface area contributed by atoms with Crippen molar-refractivity contribution in [3.05, 3.63) is 30.3 Å². The van der Waals surface area contributed by atoms with Gasteiger partial charge in [-0.1, -0.05) is 18.2 Å². The first-order chi connectivity index (χ1) is 22.7. The first-order valence-electron chi connectivity index (χ1n) is 15.8. The highest BCUT2D eigenvalue weighted by molar-refractivity contribution is 5.94. The van der Waals surface area contributed by atoms with E-state index in [1.807, 2.05) is 0 Å². The van der Waals surface area contributed by atoms with E-state index in [1.54, 1.807) is 30.3 Å². The Morgan fingerprint density at radius 2 is 1.31 bits per heavy atom. The van der Waals surface area contributed by atoms with E-state index >= 15 is 0 Å². The van der Waals surface area contributed by atoms with Gasteiger partial charge >= 0.3 is 0 Å². The maximum absolute atomic E-state index is 13.5. The topological polar surface area (TPSA) is 336 Å². The molecule has 3 aliphatic heterocycles. The summed E-state index contributed by atoms with van der Waals surface area (Å²) in [4.78, 5) is 13.5. The van der Waals surface area contributed by atoms with E-state index < -0.39 is 122 Å². The smallest absolute Gasteiger partial charge is 0.256 e. The zero-order valence-corrected chi connectivity index (χ0v) is 26.2. The molecule has 0 radical (unpaired) electrons. The van der Waals surface area contributed by atoms with E-state index in [-0.39, 0.29) is 13.0 Å². The Morgan fingerprint density at radius 3 is 1.96 bits per heavy atom. The maximum atomic E-state index is 13.5. The summed E-state index contributed by atoms with van der Waals surface area (Å²) < 4.78 is 35.4. The lowest BCUT2D eigenvalue weighted by atomic mass is 9.84. The van der Waals surface area contributed by atoms with E-state index in [9.17, 15) is 35.4 Å². The van der Waals surface area contributed by atoms with Gasteiger partial charge in [0, 0.05) is 24.3 Å². The summed E-state index contributed by atoms with van der Waals surface area (Å²) >= 11 is 0. The van der Waals surface area contributed by atoms with Gasteiger partial charge in [0.2, 0.25) is 0 Å². The number of benzene rings is 1. The molecule has 17 N–H and O–H groups in total. The van der Waals surface area contributed by atoms with Gasteiger partial charge < -0.3 is 93.0 Å². The number of rotatable bonds is 9. The highest BCUT2D eigenvalue weighted by Crippen LogP contribution is 2.35. The van der Waals surface area contributed by atoms with Crippen molar-refractivity contribution in [1.29, 1.82) is 0 Å². The molecule has 0 aromatic heterocycles. The number of para-hydroxylation sites is 1. The summed E-state index contributed by atoms with van der Waals surface area (Å²) in [5.74, 6) is -0.759. The second-order valence-corrected chi connectivity index (χ2v) is 12.7. The van der Waals surface area contributed by atoms with E-state index in [4.69, 9.17) is 57.1 Å². The van der Waals surface area contributed by atoms with Crippen molar-refractivity contribution in [2.75, 3.05) is 11.9 Å². The minimum Gasteiger partial charge on any atom is -0.389 e. The number of carbonyl (C=O) groups excluding carboxylic acids is 1. The fraction of sp³-hybridized carbons (Fsp3) is 0.759. The summed E-state index contributed by atoms with van der Waals surface area (Å²) in [7, 11) is 0. The Morgan fingerprint density at radius 1 is 0.729 bits per heavy atom. The predicted octanol–water partition coefficient (Wildman–Crippen LogP) is -6.19. The molecule has 4 fully saturated rings. The molecule has 1 amide bonds. The Bertz CT molecular complexity index is 1210. The van der Waals surface area contributed by atoms with Crippen LogP contribution in [0.5, 0.6) is 0 Å². The third-order valence-corrected chi connectivity index (χ3v) is 9.30. The Hall–Kier alpha value is -1.99. The number of carbonyl (C=O) groups is 1. The second-order valence-electron chi connectivity index (χ2n) is 12.7. The number of anilines is 1. The zero-order valence-electron chi connectivity index (χ0n) is 26.2. The molecular formula is C29H48N6O13. The highest BCUT2D eigenvalue weighted by atomic mass is 16.8. The average Bonchev–Trinajstić information content (AvgIpc) is 3.37. The normalized spacial score (nSPS) is 48.3. The molecule has 19 heteroatoms. The van der Waals surface area contributed by atoms with Crippen LogP contribution in [0.2, 0.25) is 0 Å². The molecule has 3 heterocycles. The zero-order chi connectivity index (χ0) is 35.0. The van der Waals surface area contributed by atoms with Gasteiger partial charge in [-0.05, 0) is 25.5 Å². The molecule has 4 aliphatic rings. The number of nitrogens with two attached hydrogens (primary N) is 5. The lowest BCUT2D eigenvalue weighted by molar-refractivity contribution is -0.305. The predicted molar refractivity (Wildman–Crippen MR) is 163 cm³/mol. The summed E-state index contributed by atoms with van der Waals surface area (Å²) in [6.45, 7) is 1.30. The van der Waals surface area contributed by atoms with Gasteiger partial charge in [0.25, 0.3) is 5.91 Å². The molecule has 0 spiro atoms. The van der Waals surface area contributed by atoms with Gasteiger partial charge in [-0.2, -0.15) is 0 Å². The molecule has 5 rings (SSSR count). The minimum atomic E-state index is -1.75. The van der Waals surface area contributed by atoms with Crippen molar-refractivity contribution in [3.8, 4) is 0 Å². The second kappa shape index (κ2) is 15.5. The number of hydrogen-bond acceptors (Lipinski definition) is 18. The molecule has 0 unspecified atom stereocenters.